The molecule has 0 N–H and O–H groups in total. The van der Waals surface area contributed by atoms with E-state index in [1.54, 1.807) is 0 Å². The van der Waals surface area contributed by atoms with Crippen molar-refractivity contribution in [3.05, 3.63) is 12.4 Å². The van der Waals surface area contributed by atoms with Crippen LogP contribution >= 0.6 is 0 Å². The third-order valence-electron chi connectivity index (χ3n) is 3.75. The summed E-state index contributed by atoms with van der Waals surface area (Å²) in [6.07, 6.45) is 8.92. The molecule has 0 saturated carbocycles. The van der Waals surface area contributed by atoms with Gasteiger partial charge < -0.3 is 9.64 Å². The van der Waals surface area contributed by atoms with Crippen molar-refractivity contribution in [2.75, 3.05) is 20.2 Å². The first kappa shape index (κ1) is 13.4. The second-order valence-electron chi connectivity index (χ2n) is 5.52. The van der Waals surface area contributed by atoms with Crippen molar-refractivity contribution in [3.8, 4) is 5.75 Å². The van der Waals surface area contributed by atoms with Gasteiger partial charge in [0, 0.05) is 12.1 Å². The number of nitrogens with zero attached hydrogens (tertiary/aromatic N) is 3. The molecule has 102 valence electrons. The molecule has 0 spiro atoms. The fraction of sp³-hybridized carbons (Fsp3) is 0.786. The Morgan fingerprint density at radius 1 is 1.44 bits per heavy atom. The lowest BCUT2D eigenvalue weighted by atomic mass is 10.0. The molecule has 4 heteroatoms. The van der Waals surface area contributed by atoms with Crippen LogP contribution in [0.4, 0.5) is 0 Å². The zero-order valence-electron chi connectivity index (χ0n) is 11.8. The molecule has 1 saturated heterocycles. The van der Waals surface area contributed by atoms with Crippen LogP contribution in [0.15, 0.2) is 12.4 Å². The quantitative estimate of drug-likeness (QED) is 0.806. The Hall–Kier alpha value is -1.03. The molecule has 0 aliphatic carbocycles. The fourth-order valence-electron chi connectivity index (χ4n) is 2.50. The number of ether oxygens (including phenoxy) is 1. The normalized spacial score (nSPS) is 21.4. The van der Waals surface area contributed by atoms with Crippen LogP contribution in [0.1, 0.15) is 45.6 Å². The number of hydrogen-bond donors (Lipinski definition) is 0. The minimum Gasteiger partial charge on any atom is -0.490 e. The highest BCUT2D eigenvalue weighted by Crippen LogP contribution is 2.18. The fourth-order valence-corrected chi connectivity index (χ4v) is 2.50. The van der Waals surface area contributed by atoms with Gasteiger partial charge in [0.05, 0.1) is 19.0 Å². The van der Waals surface area contributed by atoms with Gasteiger partial charge in [0.15, 0.2) is 5.75 Å². The summed E-state index contributed by atoms with van der Waals surface area (Å²) < 4.78 is 7.71. The van der Waals surface area contributed by atoms with Crippen molar-refractivity contribution in [1.29, 1.82) is 0 Å². The van der Waals surface area contributed by atoms with Crippen molar-refractivity contribution in [2.45, 2.75) is 51.6 Å². The van der Waals surface area contributed by atoms with Gasteiger partial charge in [0.2, 0.25) is 0 Å². The average molecular weight is 251 g/mol. The van der Waals surface area contributed by atoms with E-state index in [2.05, 4.69) is 30.9 Å². The molecule has 1 aliphatic rings. The van der Waals surface area contributed by atoms with Crippen molar-refractivity contribution >= 4 is 0 Å². The van der Waals surface area contributed by atoms with Gasteiger partial charge in [0.1, 0.15) is 0 Å². The Bertz CT molecular complexity index is 362. The number of likely N-dealkylation sites (tertiary alicyclic amines) is 1. The smallest absolute Gasteiger partial charge is 0.157 e. The molecule has 2 heterocycles. The highest BCUT2D eigenvalue weighted by molar-refractivity contribution is 5.11. The first-order valence-corrected chi connectivity index (χ1v) is 7.04. The van der Waals surface area contributed by atoms with E-state index in [0.29, 0.717) is 12.1 Å². The number of rotatable bonds is 5. The maximum atomic E-state index is 5.78. The van der Waals surface area contributed by atoms with E-state index in [4.69, 9.17) is 4.74 Å². The minimum absolute atomic E-state index is 0.395. The van der Waals surface area contributed by atoms with Gasteiger partial charge in [-0.15, -0.1) is 0 Å². The van der Waals surface area contributed by atoms with Gasteiger partial charge in [-0.1, -0.05) is 6.42 Å². The maximum absolute atomic E-state index is 5.78. The lowest BCUT2D eigenvalue weighted by Crippen LogP contribution is -2.37. The van der Waals surface area contributed by atoms with E-state index in [-0.39, 0.29) is 0 Å². The summed E-state index contributed by atoms with van der Waals surface area (Å²) >= 11 is 0. The van der Waals surface area contributed by atoms with Gasteiger partial charge in [-0.2, -0.15) is 5.10 Å². The molecule has 1 atom stereocenters. The second kappa shape index (κ2) is 6.23. The summed E-state index contributed by atoms with van der Waals surface area (Å²) in [5, 5.41) is 4.28. The van der Waals surface area contributed by atoms with Crippen molar-refractivity contribution in [1.82, 2.24) is 14.7 Å². The molecule has 0 bridgehead atoms. The van der Waals surface area contributed by atoms with Crippen LogP contribution in [0.2, 0.25) is 0 Å². The average Bonchev–Trinajstić information content (AvgIpc) is 2.80. The Morgan fingerprint density at radius 2 is 2.28 bits per heavy atom. The minimum atomic E-state index is 0.395. The van der Waals surface area contributed by atoms with Gasteiger partial charge in [-0.3, -0.25) is 4.68 Å². The van der Waals surface area contributed by atoms with Crippen LogP contribution in [0.25, 0.3) is 0 Å². The maximum Gasteiger partial charge on any atom is 0.157 e. The highest BCUT2D eigenvalue weighted by atomic mass is 16.5. The Balaban J connectivity index is 1.74. The van der Waals surface area contributed by atoms with E-state index in [1.807, 2.05) is 17.1 Å². The highest BCUT2D eigenvalue weighted by Gasteiger charge is 2.18. The Kier molecular flexibility index (Phi) is 4.64. The molecule has 18 heavy (non-hydrogen) atoms. The van der Waals surface area contributed by atoms with Crippen LogP contribution in [0.5, 0.6) is 5.75 Å². The molecule has 2 rings (SSSR count). The van der Waals surface area contributed by atoms with Crippen LogP contribution < -0.4 is 4.74 Å². The molecule has 4 nitrogen and oxygen atoms in total. The van der Waals surface area contributed by atoms with E-state index >= 15 is 0 Å². The molecular formula is C14H25N3O. The topological polar surface area (TPSA) is 30.3 Å². The van der Waals surface area contributed by atoms with Gasteiger partial charge in [-0.05, 0) is 46.7 Å². The zero-order chi connectivity index (χ0) is 13.0. The number of hydrogen-bond acceptors (Lipinski definition) is 3. The SMILES string of the molecule is CC(C)n1cc(OCCC2CCCCN2C)cn1. The molecule has 1 aliphatic heterocycles. The third kappa shape index (κ3) is 3.48. The molecule has 1 aromatic heterocycles. The molecule has 0 aromatic carbocycles. The predicted octanol–water partition coefficient (Wildman–Crippen LogP) is 2.72. The molecule has 1 aromatic rings. The van der Waals surface area contributed by atoms with E-state index < -0.39 is 0 Å². The summed E-state index contributed by atoms with van der Waals surface area (Å²) in [6.45, 7) is 6.26. The zero-order valence-corrected chi connectivity index (χ0v) is 11.8. The summed E-state index contributed by atoms with van der Waals surface area (Å²) in [6, 6.07) is 1.09. The van der Waals surface area contributed by atoms with Crippen LogP contribution in [-0.2, 0) is 0 Å². The monoisotopic (exact) mass is 251 g/mol. The first-order chi connectivity index (χ1) is 8.66. The summed E-state index contributed by atoms with van der Waals surface area (Å²) in [5.74, 6) is 0.891. The Labute approximate surface area is 110 Å². The first-order valence-electron chi connectivity index (χ1n) is 7.04. The Morgan fingerprint density at radius 3 is 2.94 bits per heavy atom. The van der Waals surface area contributed by atoms with Crippen LogP contribution in [0, 0.1) is 0 Å². The lowest BCUT2D eigenvalue weighted by molar-refractivity contribution is 0.153. The largest absolute Gasteiger partial charge is 0.490 e. The van der Waals surface area contributed by atoms with Crippen LogP contribution in [-0.4, -0.2) is 40.9 Å². The third-order valence-corrected chi connectivity index (χ3v) is 3.75. The summed E-state index contributed by atoms with van der Waals surface area (Å²) in [5.41, 5.74) is 0. The molecule has 1 fully saturated rings. The van der Waals surface area contributed by atoms with E-state index in [1.165, 1.54) is 25.8 Å². The number of aromatic nitrogens is 2. The molecule has 0 radical (unpaired) electrons. The lowest BCUT2D eigenvalue weighted by Gasteiger charge is -2.32. The standard InChI is InChI=1S/C14H25N3O/c1-12(2)17-11-14(10-15-17)18-9-7-13-6-4-5-8-16(13)3/h10-13H,4-9H2,1-3H3. The number of piperidine rings is 1. The van der Waals surface area contributed by atoms with Gasteiger partial charge in [0.25, 0.3) is 0 Å². The van der Waals surface area contributed by atoms with Gasteiger partial charge >= 0.3 is 0 Å². The molecule has 0 amide bonds. The van der Waals surface area contributed by atoms with Gasteiger partial charge in [-0.25, -0.2) is 0 Å². The van der Waals surface area contributed by atoms with E-state index in [0.717, 1.165) is 18.8 Å². The molecule has 1 unspecified atom stereocenters. The summed E-state index contributed by atoms with van der Waals surface area (Å²) in [4.78, 5) is 2.46. The van der Waals surface area contributed by atoms with Crippen LogP contribution in [0.3, 0.4) is 0 Å². The second-order valence-corrected chi connectivity index (χ2v) is 5.52. The molecular weight excluding hydrogens is 226 g/mol. The van der Waals surface area contributed by atoms with E-state index in [9.17, 15) is 0 Å². The van der Waals surface area contributed by atoms with Crippen molar-refractivity contribution in [3.63, 3.8) is 0 Å². The predicted molar refractivity (Wildman–Crippen MR) is 73.0 cm³/mol. The van der Waals surface area contributed by atoms with Crippen molar-refractivity contribution in [2.24, 2.45) is 0 Å². The van der Waals surface area contributed by atoms with Crippen molar-refractivity contribution < 1.29 is 4.74 Å². The summed E-state index contributed by atoms with van der Waals surface area (Å²) in [7, 11) is 2.22.